The van der Waals surface area contributed by atoms with E-state index in [9.17, 15) is 9.59 Å². The van der Waals surface area contributed by atoms with E-state index in [0.717, 1.165) is 19.3 Å². The molecule has 5 nitrogen and oxygen atoms in total. The summed E-state index contributed by atoms with van der Waals surface area (Å²) in [7, 11) is 0. The monoisotopic (exact) mass is 242 g/mol. The van der Waals surface area contributed by atoms with Crippen LogP contribution in [0.4, 0.5) is 0 Å². The SMILES string of the molecule is CC(C)N(CC(=O)O)C(=O)C1(N)CCCCC1. The maximum absolute atomic E-state index is 12.3. The van der Waals surface area contributed by atoms with Crippen LogP contribution in [0.3, 0.4) is 0 Å². The van der Waals surface area contributed by atoms with Crippen molar-refractivity contribution in [2.75, 3.05) is 6.54 Å². The summed E-state index contributed by atoms with van der Waals surface area (Å²) in [5.74, 6) is -1.21. The number of nitrogens with two attached hydrogens (primary N) is 1. The zero-order chi connectivity index (χ0) is 13.1. The largest absolute Gasteiger partial charge is 0.480 e. The summed E-state index contributed by atoms with van der Waals surface area (Å²) in [4.78, 5) is 24.5. The third-order valence-electron chi connectivity index (χ3n) is 3.36. The lowest BCUT2D eigenvalue weighted by molar-refractivity contribution is -0.149. The predicted molar refractivity (Wildman–Crippen MR) is 64.5 cm³/mol. The van der Waals surface area contributed by atoms with Crippen LogP contribution in [0.15, 0.2) is 0 Å². The fourth-order valence-electron chi connectivity index (χ4n) is 2.32. The van der Waals surface area contributed by atoms with Gasteiger partial charge < -0.3 is 15.7 Å². The number of carboxylic acids is 1. The summed E-state index contributed by atoms with van der Waals surface area (Å²) < 4.78 is 0. The third-order valence-corrected chi connectivity index (χ3v) is 3.36. The first-order valence-corrected chi connectivity index (χ1v) is 6.18. The molecule has 1 fully saturated rings. The Morgan fingerprint density at radius 1 is 1.29 bits per heavy atom. The Bertz CT molecular complexity index is 296. The molecule has 1 rings (SSSR count). The first-order valence-electron chi connectivity index (χ1n) is 6.18. The zero-order valence-electron chi connectivity index (χ0n) is 10.6. The van der Waals surface area contributed by atoms with E-state index in [1.807, 2.05) is 13.8 Å². The van der Waals surface area contributed by atoms with Crippen molar-refractivity contribution < 1.29 is 14.7 Å². The van der Waals surface area contributed by atoms with E-state index in [4.69, 9.17) is 10.8 Å². The number of carbonyl (C=O) groups excluding carboxylic acids is 1. The van der Waals surface area contributed by atoms with Crippen LogP contribution in [0.2, 0.25) is 0 Å². The van der Waals surface area contributed by atoms with Gasteiger partial charge in [0.15, 0.2) is 0 Å². The number of aliphatic carboxylic acids is 1. The molecule has 1 aliphatic rings. The van der Waals surface area contributed by atoms with Crippen molar-refractivity contribution in [2.45, 2.75) is 57.5 Å². The molecular weight excluding hydrogens is 220 g/mol. The summed E-state index contributed by atoms with van der Waals surface area (Å²) in [6.07, 6.45) is 4.32. The standard InChI is InChI=1S/C12H22N2O3/c1-9(2)14(8-10(15)16)11(17)12(13)6-4-3-5-7-12/h9H,3-8,13H2,1-2H3,(H,15,16). The van der Waals surface area contributed by atoms with Crippen molar-refractivity contribution >= 4 is 11.9 Å². The minimum absolute atomic E-state index is 0.138. The molecule has 0 aliphatic heterocycles. The lowest BCUT2D eigenvalue weighted by Crippen LogP contribution is -2.58. The number of hydrogen-bond acceptors (Lipinski definition) is 3. The number of rotatable bonds is 4. The van der Waals surface area contributed by atoms with Gasteiger partial charge >= 0.3 is 5.97 Å². The Balaban J connectivity index is 2.79. The van der Waals surface area contributed by atoms with Gasteiger partial charge in [0.1, 0.15) is 6.54 Å². The average Bonchev–Trinajstić information content (AvgIpc) is 2.25. The van der Waals surface area contributed by atoms with Crippen LogP contribution in [0, 0.1) is 0 Å². The lowest BCUT2D eigenvalue weighted by Gasteiger charge is -2.38. The van der Waals surface area contributed by atoms with Gasteiger partial charge in [0, 0.05) is 6.04 Å². The van der Waals surface area contributed by atoms with Gasteiger partial charge in [0.25, 0.3) is 0 Å². The Morgan fingerprint density at radius 3 is 2.24 bits per heavy atom. The number of amides is 1. The molecule has 17 heavy (non-hydrogen) atoms. The minimum atomic E-state index is -0.994. The van der Waals surface area contributed by atoms with E-state index in [-0.39, 0.29) is 18.5 Å². The van der Waals surface area contributed by atoms with E-state index >= 15 is 0 Å². The van der Waals surface area contributed by atoms with Crippen molar-refractivity contribution in [3.63, 3.8) is 0 Å². The molecule has 1 aliphatic carbocycles. The van der Waals surface area contributed by atoms with Crippen molar-refractivity contribution in [3.8, 4) is 0 Å². The van der Waals surface area contributed by atoms with Crippen molar-refractivity contribution in [1.82, 2.24) is 4.90 Å². The fourth-order valence-corrected chi connectivity index (χ4v) is 2.32. The third kappa shape index (κ3) is 3.43. The fraction of sp³-hybridized carbons (Fsp3) is 0.833. The van der Waals surface area contributed by atoms with Crippen LogP contribution < -0.4 is 5.73 Å². The average molecular weight is 242 g/mol. The first kappa shape index (κ1) is 14.0. The van der Waals surface area contributed by atoms with E-state index in [2.05, 4.69) is 0 Å². The number of carbonyl (C=O) groups is 2. The molecule has 0 atom stereocenters. The quantitative estimate of drug-likeness (QED) is 0.769. The van der Waals surface area contributed by atoms with Gasteiger partial charge in [-0.15, -0.1) is 0 Å². The highest BCUT2D eigenvalue weighted by molar-refractivity contribution is 5.89. The Morgan fingerprint density at radius 2 is 1.82 bits per heavy atom. The molecule has 1 amide bonds. The molecule has 0 bridgehead atoms. The van der Waals surface area contributed by atoms with Gasteiger partial charge in [0.2, 0.25) is 5.91 Å². The maximum atomic E-state index is 12.3. The zero-order valence-corrected chi connectivity index (χ0v) is 10.6. The molecule has 0 aromatic carbocycles. The van der Waals surface area contributed by atoms with Crippen LogP contribution in [0.1, 0.15) is 46.0 Å². The second kappa shape index (κ2) is 5.49. The minimum Gasteiger partial charge on any atom is -0.480 e. The summed E-state index contributed by atoms with van der Waals surface area (Å²) >= 11 is 0. The van der Waals surface area contributed by atoms with Crippen LogP contribution in [0.25, 0.3) is 0 Å². The van der Waals surface area contributed by atoms with Gasteiger partial charge in [-0.05, 0) is 26.7 Å². The molecule has 0 unspecified atom stereocenters. The molecule has 0 radical (unpaired) electrons. The molecule has 0 aromatic heterocycles. The highest BCUT2D eigenvalue weighted by atomic mass is 16.4. The summed E-state index contributed by atoms with van der Waals surface area (Å²) in [5, 5.41) is 8.83. The van der Waals surface area contributed by atoms with Crippen molar-refractivity contribution in [3.05, 3.63) is 0 Å². The van der Waals surface area contributed by atoms with Crippen LogP contribution in [-0.2, 0) is 9.59 Å². The molecule has 1 saturated carbocycles. The Kier molecular flexibility index (Phi) is 4.51. The summed E-state index contributed by atoms with van der Waals surface area (Å²) in [6.45, 7) is 3.36. The van der Waals surface area contributed by atoms with Crippen LogP contribution >= 0.6 is 0 Å². The van der Waals surface area contributed by atoms with Gasteiger partial charge in [0.05, 0.1) is 5.54 Å². The predicted octanol–water partition coefficient (Wildman–Crippen LogP) is 0.970. The van der Waals surface area contributed by atoms with Gasteiger partial charge in [-0.2, -0.15) is 0 Å². The van der Waals surface area contributed by atoms with E-state index in [1.165, 1.54) is 4.90 Å². The summed E-state index contributed by atoms with van der Waals surface area (Å²) in [5.41, 5.74) is 5.28. The molecular formula is C12H22N2O3. The smallest absolute Gasteiger partial charge is 0.323 e. The molecule has 0 heterocycles. The highest BCUT2D eigenvalue weighted by Gasteiger charge is 2.39. The van der Waals surface area contributed by atoms with E-state index in [1.54, 1.807) is 0 Å². The summed E-state index contributed by atoms with van der Waals surface area (Å²) in [6, 6.07) is -0.138. The lowest BCUT2D eigenvalue weighted by atomic mass is 9.81. The first-order chi connectivity index (χ1) is 7.87. The van der Waals surface area contributed by atoms with Crippen LogP contribution in [0.5, 0.6) is 0 Å². The maximum Gasteiger partial charge on any atom is 0.323 e. The van der Waals surface area contributed by atoms with Crippen molar-refractivity contribution in [2.24, 2.45) is 5.73 Å². The van der Waals surface area contributed by atoms with Gasteiger partial charge in [-0.3, -0.25) is 9.59 Å². The number of carboxylic acid groups (broad SMARTS) is 1. The molecule has 5 heteroatoms. The molecule has 98 valence electrons. The normalized spacial score (nSPS) is 19.1. The molecule has 0 spiro atoms. The van der Waals surface area contributed by atoms with Gasteiger partial charge in [-0.1, -0.05) is 19.3 Å². The topological polar surface area (TPSA) is 83.6 Å². The van der Waals surface area contributed by atoms with Gasteiger partial charge in [-0.25, -0.2) is 0 Å². The van der Waals surface area contributed by atoms with E-state index in [0.29, 0.717) is 12.8 Å². The second-order valence-electron chi connectivity index (χ2n) is 5.14. The second-order valence-corrected chi connectivity index (χ2v) is 5.14. The molecule has 3 N–H and O–H groups in total. The Hall–Kier alpha value is -1.10. The molecule has 0 aromatic rings. The Labute approximate surface area is 102 Å². The van der Waals surface area contributed by atoms with Crippen LogP contribution in [-0.4, -0.2) is 40.0 Å². The van der Waals surface area contributed by atoms with Crippen molar-refractivity contribution in [1.29, 1.82) is 0 Å². The number of hydrogen-bond donors (Lipinski definition) is 2. The molecule has 0 saturated heterocycles. The highest BCUT2D eigenvalue weighted by Crippen LogP contribution is 2.28. The number of nitrogens with zero attached hydrogens (tertiary/aromatic N) is 1. The van der Waals surface area contributed by atoms with E-state index < -0.39 is 11.5 Å².